The van der Waals surface area contributed by atoms with Crippen LogP contribution in [0.3, 0.4) is 0 Å². The number of aromatic nitrogens is 2. The highest BCUT2D eigenvalue weighted by atomic mass is 79.9. The molecule has 0 aliphatic rings. The number of hydrogen-bond acceptors (Lipinski definition) is 4. The van der Waals surface area contributed by atoms with Gasteiger partial charge < -0.3 is 11.1 Å². The maximum Gasteiger partial charge on any atom is 0.416 e. The van der Waals surface area contributed by atoms with Crippen LogP contribution in [0.2, 0.25) is 0 Å². The number of nitrogens with two attached hydrogens (primary N) is 1. The molecule has 1 heterocycles. The van der Waals surface area contributed by atoms with Crippen LogP contribution in [0, 0.1) is 19.7 Å². The Balaban J connectivity index is 2.04. The normalized spacial score (nSPS) is 13.0. The molecule has 0 bridgehead atoms. The molecule has 27 heavy (non-hydrogen) atoms. The highest BCUT2D eigenvalue weighted by Crippen LogP contribution is 2.35. The molecule has 4 nitrogen and oxygen atoms in total. The Morgan fingerprint density at radius 3 is 2.48 bits per heavy atom. The van der Waals surface area contributed by atoms with Crippen molar-refractivity contribution in [3.63, 3.8) is 0 Å². The van der Waals surface area contributed by atoms with Crippen molar-refractivity contribution in [2.45, 2.75) is 26.2 Å². The van der Waals surface area contributed by atoms with Gasteiger partial charge in [-0.25, -0.2) is 4.39 Å². The van der Waals surface area contributed by atoms with Crippen LogP contribution in [0.5, 0.6) is 0 Å². The van der Waals surface area contributed by atoms with Gasteiger partial charge in [-0.1, -0.05) is 12.1 Å². The molecule has 3 N–H and O–H groups in total. The zero-order valence-corrected chi connectivity index (χ0v) is 15.9. The average Bonchev–Trinajstić information content (AvgIpc) is 2.58. The molecule has 3 rings (SSSR count). The van der Waals surface area contributed by atoms with Gasteiger partial charge in [0, 0.05) is 10.8 Å². The Labute approximate surface area is 160 Å². The van der Waals surface area contributed by atoms with E-state index in [1.807, 2.05) is 0 Å². The van der Waals surface area contributed by atoms with Gasteiger partial charge in [0.15, 0.2) is 5.82 Å². The molecule has 0 unspecified atom stereocenters. The first kappa shape index (κ1) is 19.5. The van der Waals surface area contributed by atoms with Gasteiger partial charge in [0.25, 0.3) is 0 Å². The molecule has 2 aromatic carbocycles. The Hall–Kier alpha value is -2.26. The van der Waals surface area contributed by atoms with Gasteiger partial charge in [-0.3, -0.25) is 0 Å². The maximum atomic E-state index is 13.9. The minimum Gasteiger partial charge on any atom is -0.349 e. The molecule has 0 radical (unpaired) electrons. The fraction of sp³-hybridized carbons (Fsp3) is 0.222. The molecule has 0 saturated carbocycles. The van der Waals surface area contributed by atoms with Gasteiger partial charge in [0.2, 0.25) is 0 Å². The Bertz CT molecular complexity index is 1020. The van der Waals surface area contributed by atoms with Crippen molar-refractivity contribution >= 4 is 32.5 Å². The van der Waals surface area contributed by atoms with E-state index in [0.29, 0.717) is 16.5 Å². The first-order valence-corrected chi connectivity index (χ1v) is 8.69. The third-order valence-electron chi connectivity index (χ3n) is 4.31. The Morgan fingerprint density at radius 1 is 1.11 bits per heavy atom. The van der Waals surface area contributed by atoms with Crippen LogP contribution in [0.1, 0.15) is 28.6 Å². The number of rotatable bonds is 3. The van der Waals surface area contributed by atoms with Crippen LogP contribution in [0.4, 0.5) is 23.4 Å². The average molecular weight is 443 g/mol. The fourth-order valence-electron chi connectivity index (χ4n) is 2.90. The Kier molecular flexibility index (Phi) is 5.09. The number of nitrogens with zero attached hydrogens (tertiary/aromatic N) is 2. The van der Waals surface area contributed by atoms with E-state index >= 15 is 0 Å². The smallest absolute Gasteiger partial charge is 0.349 e. The zero-order valence-electron chi connectivity index (χ0n) is 14.3. The molecule has 142 valence electrons. The van der Waals surface area contributed by atoms with Crippen molar-refractivity contribution < 1.29 is 17.6 Å². The van der Waals surface area contributed by atoms with Crippen LogP contribution < -0.4 is 11.1 Å². The summed E-state index contributed by atoms with van der Waals surface area (Å²) in [4.78, 5) is 0. The Morgan fingerprint density at radius 2 is 1.81 bits per heavy atom. The summed E-state index contributed by atoms with van der Waals surface area (Å²) in [5.41, 5.74) is 6.18. The molecule has 0 amide bonds. The second-order valence-electron chi connectivity index (χ2n) is 6.09. The predicted molar refractivity (Wildman–Crippen MR) is 98.7 cm³/mol. The van der Waals surface area contributed by atoms with E-state index in [9.17, 15) is 17.6 Å². The number of anilines is 1. The lowest BCUT2D eigenvalue weighted by atomic mass is 10.00. The molecule has 0 aliphatic carbocycles. The quantitative estimate of drug-likeness (QED) is 0.430. The number of nitrogens with one attached hydrogen (secondary N) is 1. The summed E-state index contributed by atoms with van der Waals surface area (Å²) < 4.78 is 53.5. The minimum atomic E-state index is -4.47. The van der Waals surface area contributed by atoms with Crippen LogP contribution in [-0.4, -0.2) is 10.2 Å². The van der Waals surface area contributed by atoms with E-state index in [-0.39, 0.29) is 21.4 Å². The van der Waals surface area contributed by atoms with Crippen LogP contribution in [0.25, 0.3) is 10.8 Å². The van der Waals surface area contributed by atoms with Crippen molar-refractivity contribution in [2.24, 2.45) is 5.73 Å². The highest BCUT2D eigenvalue weighted by Gasteiger charge is 2.33. The summed E-state index contributed by atoms with van der Waals surface area (Å²) in [6, 6.07) is 6.67. The minimum absolute atomic E-state index is 0.0293. The SMILES string of the molecule is Cc1c([C@@H](N)Nc2nnc(C)c3cc(F)c(Br)cc23)cccc1C(F)(F)F. The summed E-state index contributed by atoms with van der Waals surface area (Å²) in [6.45, 7) is 3.05. The van der Waals surface area contributed by atoms with Gasteiger partial charge in [-0.15, -0.1) is 5.10 Å². The number of benzene rings is 2. The number of fused-ring (bicyclic) bond motifs is 1. The monoisotopic (exact) mass is 442 g/mol. The number of hydrogen-bond donors (Lipinski definition) is 2. The number of halogens is 5. The summed E-state index contributed by atoms with van der Waals surface area (Å²) in [7, 11) is 0. The molecule has 9 heteroatoms. The van der Waals surface area contributed by atoms with Crippen LogP contribution in [-0.2, 0) is 6.18 Å². The molecule has 1 atom stereocenters. The molecule has 0 saturated heterocycles. The first-order chi connectivity index (χ1) is 12.6. The van der Waals surface area contributed by atoms with E-state index < -0.39 is 23.7 Å². The maximum absolute atomic E-state index is 13.9. The molecule has 1 aromatic heterocycles. The van der Waals surface area contributed by atoms with Crippen molar-refractivity contribution in [1.29, 1.82) is 0 Å². The first-order valence-electron chi connectivity index (χ1n) is 7.90. The number of aryl methyl sites for hydroxylation is 1. The molecular formula is C18H15BrF4N4. The van der Waals surface area contributed by atoms with Crippen molar-refractivity contribution in [3.05, 3.63) is 63.0 Å². The van der Waals surface area contributed by atoms with Gasteiger partial charge in [-0.2, -0.15) is 18.3 Å². The second-order valence-corrected chi connectivity index (χ2v) is 6.94. The topological polar surface area (TPSA) is 63.8 Å². The van der Waals surface area contributed by atoms with Crippen molar-refractivity contribution in [3.8, 4) is 0 Å². The summed E-state index contributed by atoms with van der Waals surface area (Å²) in [6.07, 6.45) is -5.44. The van der Waals surface area contributed by atoms with Crippen LogP contribution >= 0.6 is 15.9 Å². The van der Waals surface area contributed by atoms with Gasteiger partial charge in [0.05, 0.1) is 15.7 Å². The lowest BCUT2D eigenvalue weighted by Gasteiger charge is -2.20. The summed E-state index contributed by atoms with van der Waals surface area (Å²) >= 11 is 3.12. The third-order valence-corrected chi connectivity index (χ3v) is 4.92. The fourth-order valence-corrected chi connectivity index (χ4v) is 3.25. The van der Waals surface area contributed by atoms with E-state index in [2.05, 4.69) is 31.4 Å². The lowest BCUT2D eigenvalue weighted by molar-refractivity contribution is -0.138. The standard InChI is InChI=1S/C18H15BrF4N4/c1-8-10(4-3-5-13(8)18(21,22)23)16(24)25-17-12-6-14(19)15(20)7-11(12)9(2)26-27-17/h3-7,16H,24H2,1-2H3,(H,25,27)/t16-/m0/s1. The van der Waals surface area contributed by atoms with E-state index in [0.717, 1.165) is 6.07 Å². The summed E-state index contributed by atoms with van der Waals surface area (Å²) in [5, 5.41) is 12.0. The van der Waals surface area contributed by atoms with Crippen LogP contribution in [0.15, 0.2) is 34.8 Å². The van der Waals surface area contributed by atoms with Crippen molar-refractivity contribution in [1.82, 2.24) is 10.2 Å². The van der Waals surface area contributed by atoms with E-state index in [1.54, 1.807) is 6.92 Å². The van der Waals surface area contributed by atoms with E-state index in [4.69, 9.17) is 5.73 Å². The number of alkyl halides is 3. The molecule has 0 spiro atoms. The van der Waals surface area contributed by atoms with Gasteiger partial charge >= 0.3 is 6.18 Å². The summed E-state index contributed by atoms with van der Waals surface area (Å²) in [5.74, 6) is -0.205. The second kappa shape index (κ2) is 7.05. The zero-order chi connectivity index (χ0) is 19.9. The van der Waals surface area contributed by atoms with Gasteiger partial charge in [0.1, 0.15) is 12.0 Å². The predicted octanol–water partition coefficient (Wildman–Crippen LogP) is 5.24. The molecular weight excluding hydrogens is 428 g/mol. The van der Waals surface area contributed by atoms with Gasteiger partial charge in [-0.05, 0) is 59.1 Å². The van der Waals surface area contributed by atoms with Crippen molar-refractivity contribution in [2.75, 3.05) is 5.32 Å². The highest BCUT2D eigenvalue weighted by molar-refractivity contribution is 9.10. The molecule has 0 fully saturated rings. The molecule has 3 aromatic rings. The third kappa shape index (κ3) is 3.74. The van der Waals surface area contributed by atoms with E-state index in [1.165, 1.54) is 31.2 Å². The molecule has 0 aliphatic heterocycles. The lowest BCUT2D eigenvalue weighted by Crippen LogP contribution is -2.23. The largest absolute Gasteiger partial charge is 0.416 e.